The van der Waals surface area contributed by atoms with Gasteiger partial charge in [0.05, 0.1) is 13.0 Å². The summed E-state index contributed by atoms with van der Waals surface area (Å²) in [5.41, 5.74) is 1.96. The summed E-state index contributed by atoms with van der Waals surface area (Å²) < 4.78 is 5.36. The zero-order valence-electron chi connectivity index (χ0n) is 10.7. The summed E-state index contributed by atoms with van der Waals surface area (Å²) in [5, 5.41) is 9.23. The van der Waals surface area contributed by atoms with Crippen molar-refractivity contribution in [2.45, 2.75) is 26.7 Å². The first-order chi connectivity index (χ1) is 7.91. The second-order valence-corrected chi connectivity index (χ2v) is 5.31. The van der Waals surface area contributed by atoms with Crippen molar-refractivity contribution in [2.24, 2.45) is 11.3 Å². The van der Waals surface area contributed by atoms with Crippen molar-refractivity contribution >= 4 is 5.97 Å². The summed E-state index contributed by atoms with van der Waals surface area (Å²) in [7, 11) is 1.63. The van der Waals surface area contributed by atoms with E-state index >= 15 is 0 Å². The van der Waals surface area contributed by atoms with Crippen molar-refractivity contribution in [1.82, 2.24) is 0 Å². The highest BCUT2D eigenvalue weighted by Crippen LogP contribution is 2.66. The highest BCUT2D eigenvalue weighted by Gasteiger charge is 2.63. The van der Waals surface area contributed by atoms with Crippen molar-refractivity contribution < 1.29 is 14.6 Å². The van der Waals surface area contributed by atoms with Gasteiger partial charge in [-0.05, 0) is 24.0 Å². The molecule has 0 bridgehead atoms. The normalized spacial score (nSPS) is 25.4. The molecular weight excluding hydrogens is 216 g/mol. The average molecular weight is 234 g/mol. The van der Waals surface area contributed by atoms with Crippen LogP contribution in [-0.4, -0.2) is 18.2 Å². The number of aliphatic carboxylic acids is 1. The summed E-state index contributed by atoms with van der Waals surface area (Å²) in [6, 6.07) is 5.84. The molecule has 0 aliphatic heterocycles. The smallest absolute Gasteiger partial charge is 0.307 e. The van der Waals surface area contributed by atoms with Crippen molar-refractivity contribution in [3.63, 3.8) is 0 Å². The lowest BCUT2D eigenvalue weighted by atomic mass is 9.98. The van der Waals surface area contributed by atoms with Crippen molar-refractivity contribution in [3.8, 4) is 5.75 Å². The van der Waals surface area contributed by atoms with Gasteiger partial charge in [0.2, 0.25) is 0 Å². The lowest BCUT2D eigenvalue weighted by Gasteiger charge is -2.12. The summed E-state index contributed by atoms with van der Waals surface area (Å²) in [6.07, 6.45) is 0. The van der Waals surface area contributed by atoms with Crippen LogP contribution in [0.5, 0.6) is 5.75 Å². The molecule has 1 aliphatic rings. The molecular formula is C14H18O3. The Labute approximate surface area is 101 Å². The molecule has 1 aromatic rings. The van der Waals surface area contributed by atoms with Crippen LogP contribution in [0, 0.1) is 18.3 Å². The Bertz CT molecular complexity index is 463. The van der Waals surface area contributed by atoms with E-state index in [1.54, 1.807) is 7.11 Å². The van der Waals surface area contributed by atoms with Crippen LogP contribution in [-0.2, 0) is 4.79 Å². The second kappa shape index (κ2) is 3.76. The monoisotopic (exact) mass is 234 g/mol. The van der Waals surface area contributed by atoms with E-state index in [2.05, 4.69) is 0 Å². The molecule has 92 valence electrons. The standard InChI is InChI=1S/C14H18O3/c1-8-6-5-7-9(17-4)10(8)11-12(13(15)16)14(11,2)3/h5-7,11-12H,1-4H3,(H,15,16)/t11-,12+/m1/s1. The number of carbonyl (C=O) groups is 1. The van der Waals surface area contributed by atoms with E-state index in [1.165, 1.54) is 0 Å². The van der Waals surface area contributed by atoms with Gasteiger partial charge >= 0.3 is 5.97 Å². The number of carboxylic acid groups (broad SMARTS) is 1. The zero-order chi connectivity index (χ0) is 12.8. The fourth-order valence-corrected chi connectivity index (χ4v) is 2.87. The number of ether oxygens (including phenoxy) is 1. The minimum Gasteiger partial charge on any atom is -0.496 e. The Kier molecular flexibility index (Phi) is 2.64. The third-order valence-electron chi connectivity index (χ3n) is 3.91. The SMILES string of the molecule is COc1cccc(C)c1[C@@H]1[C@@H](C(=O)O)C1(C)C. The van der Waals surface area contributed by atoms with E-state index in [0.717, 1.165) is 16.9 Å². The predicted octanol–water partition coefficient (Wildman–Crippen LogP) is 2.83. The van der Waals surface area contributed by atoms with E-state index in [4.69, 9.17) is 4.74 Å². The molecule has 0 radical (unpaired) electrons. The van der Waals surface area contributed by atoms with Crippen LogP contribution in [0.4, 0.5) is 0 Å². The first-order valence-corrected chi connectivity index (χ1v) is 5.77. The third kappa shape index (κ3) is 1.70. The van der Waals surface area contributed by atoms with Crippen molar-refractivity contribution in [3.05, 3.63) is 29.3 Å². The van der Waals surface area contributed by atoms with Crippen LogP contribution in [0.2, 0.25) is 0 Å². The van der Waals surface area contributed by atoms with E-state index in [0.29, 0.717) is 0 Å². The van der Waals surface area contributed by atoms with Gasteiger partial charge < -0.3 is 9.84 Å². The number of rotatable bonds is 3. The summed E-state index contributed by atoms with van der Waals surface area (Å²) in [4.78, 5) is 11.2. The van der Waals surface area contributed by atoms with Crippen LogP contribution in [0.15, 0.2) is 18.2 Å². The Morgan fingerprint density at radius 1 is 1.41 bits per heavy atom. The highest BCUT2D eigenvalue weighted by atomic mass is 16.5. The van der Waals surface area contributed by atoms with Gasteiger partial charge in [0.1, 0.15) is 5.75 Å². The number of methoxy groups -OCH3 is 1. The fraction of sp³-hybridized carbons (Fsp3) is 0.500. The van der Waals surface area contributed by atoms with Crippen LogP contribution in [0.3, 0.4) is 0 Å². The average Bonchev–Trinajstić information content (AvgIpc) is 2.80. The molecule has 0 spiro atoms. The summed E-state index contributed by atoms with van der Waals surface area (Å²) in [6.45, 7) is 6.01. The predicted molar refractivity (Wildman–Crippen MR) is 65.4 cm³/mol. The molecule has 1 N–H and O–H groups in total. The maximum Gasteiger partial charge on any atom is 0.307 e. The van der Waals surface area contributed by atoms with Gasteiger partial charge in [-0.15, -0.1) is 0 Å². The Hall–Kier alpha value is -1.51. The number of benzene rings is 1. The van der Waals surface area contributed by atoms with Gasteiger partial charge in [-0.1, -0.05) is 26.0 Å². The van der Waals surface area contributed by atoms with Crippen LogP contribution >= 0.6 is 0 Å². The molecule has 0 saturated heterocycles. The fourth-order valence-electron chi connectivity index (χ4n) is 2.87. The maximum absolute atomic E-state index is 11.2. The second-order valence-electron chi connectivity index (χ2n) is 5.31. The zero-order valence-corrected chi connectivity index (χ0v) is 10.7. The molecule has 1 aliphatic carbocycles. The van der Waals surface area contributed by atoms with Gasteiger partial charge in [0.15, 0.2) is 0 Å². The molecule has 3 nitrogen and oxygen atoms in total. The third-order valence-corrected chi connectivity index (χ3v) is 3.91. The number of hydrogen-bond donors (Lipinski definition) is 1. The molecule has 2 rings (SSSR count). The van der Waals surface area contributed by atoms with Gasteiger partial charge in [-0.3, -0.25) is 4.79 Å². The minimum atomic E-state index is -0.717. The van der Waals surface area contributed by atoms with Gasteiger partial charge in [-0.2, -0.15) is 0 Å². The Morgan fingerprint density at radius 3 is 2.53 bits per heavy atom. The summed E-state index contributed by atoms with van der Waals surface area (Å²) in [5.74, 6) is -0.175. The lowest BCUT2D eigenvalue weighted by molar-refractivity contribution is -0.139. The van der Waals surface area contributed by atoms with E-state index < -0.39 is 5.97 Å². The van der Waals surface area contributed by atoms with E-state index in [9.17, 15) is 9.90 Å². The van der Waals surface area contributed by atoms with E-state index in [1.807, 2.05) is 39.0 Å². The van der Waals surface area contributed by atoms with Crippen molar-refractivity contribution in [2.75, 3.05) is 7.11 Å². The largest absolute Gasteiger partial charge is 0.496 e. The van der Waals surface area contributed by atoms with Gasteiger partial charge in [0.25, 0.3) is 0 Å². The number of hydrogen-bond acceptors (Lipinski definition) is 2. The Morgan fingerprint density at radius 2 is 2.06 bits per heavy atom. The van der Waals surface area contributed by atoms with E-state index in [-0.39, 0.29) is 17.3 Å². The highest BCUT2D eigenvalue weighted by molar-refractivity contribution is 5.78. The van der Waals surface area contributed by atoms with Gasteiger partial charge in [-0.25, -0.2) is 0 Å². The van der Waals surface area contributed by atoms with Gasteiger partial charge in [0, 0.05) is 11.5 Å². The lowest BCUT2D eigenvalue weighted by Crippen LogP contribution is -2.03. The number of carboxylic acids is 1. The molecule has 0 aromatic heterocycles. The van der Waals surface area contributed by atoms with Crippen LogP contribution < -0.4 is 4.74 Å². The molecule has 17 heavy (non-hydrogen) atoms. The molecule has 0 heterocycles. The maximum atomic E-state index is 11.2. The molecule has 3 heteroatoms. The minimum absolute atomic E-state index is 0.0520. The molecule has 1 fully saturated rings. The molecule has 1 saturated carbocycles. The molecule has 0 amide bonds. The first-order valence-electron chi connectivity index (χ1n) is 5.77. The Balaban J connectivity index is 2.46. The first kappa shape index (κ1) is 12.0. The van der Waals surface area contributed by atoms with Crippen molar-refractivity contribution in [1.29, 1.82) is 0 Å². The van der Waals surface area contributed by atoms with Crippen LogP contribution in [0.1, 0.15) is 30.9 Å². The molecule has 0 unspecified atom stereocenters. The topological polar surface area (TPSA) is 46.5 Å². The quantitative estimate of drug-likeness (QED) is 0.874. The summed E-state index contributed by atoms with van der Waals surface area (Å²) >= 11 is 0. The molecule has 1 aromatic carbocycles. The number of aryl methyl sites for hydroxylation is 1. The molecule has 2 atom stereocenters. The van der Waals surface area contributed by atoms with Crippen LogP contribution in [0.25, 0.3) is 0 Å².